The molecule has 3 heteroatoms. The van der Waals surface area contributed by atoms with Gasteiger partial charge in [-0.3, -0.25) is 0 Å². The number of hydrogen-bond acceptors (Lipinski definition) is 1. The molecule has 0 atom stereocenters. The van der Waals surface area contributed by atoms with Gasteiger partial charge >= 0.3 is 125 Å². The van der Waals surface area contributed by atoms with E-state index in [0.717, 1.165) is 12.8 Å². The average molecular weight is 375 g/mol. The van der Waals surface area contributed by atoms with Crippen molar-refractivity contribution in [2.75, 3.05) is 0 Å². The van der Waals surface area contributed by atoms with Gasteiger partial charge in [0.2, 0.25) is 0 Å². The predicted molar refractivity (Wildman–Crippen MR) is 91.7 cm³/mol. The van der Waals surface area contributed by atoms with Crippen molar-refractivity contribution in [2.24, 2.45) is 0 Å². The maximum absolute atomic E-state index is 10.7. The molecule has 1 nitrogen and oxygen atoms in total. The van der Waals surface area contributed by atoms with E-state index in [4.69, 9.17) is 0 Å². The fraction of sp³-hybridized carbons (Fsp3) is 0.632. The molecule has 118 valence electrons. The molecular weight excluding hydrogens is 346 g/mol. The van der Waals surface area contributed by atoms with Crippen molar-refractivity contribution in [3.63, 3.8) is 0 Å². The number of rotatable bonds is 13. The third-order valence-corrected chi connectivity index (χ3v) is 4.37. The summed E-state index contributed by atoms with van der Waals surface area (Å²) in [6.45, 7) is 0. The summed E-state index contributed by atoms with van der Waals surface area (Å²) < 4.78 is 0.213. The van der Waals surface area contributed by atoms with E-state index in [0.29, 0.717) is 0 Å². The molecule has 0 fully saturated rings. The summed E-state index contributed by atoms with van der Waals surface area (Å²) in [5.41, 5.74) is 1.47. The van der Waals surface area contributed by atoms with Gasteiger partial charge in [0.25, 0.3) is 0 Å². The van der Waals surface area contributed by atoms with Gasteiger partial charge in [0.05, 0.1) is 0 Å². The van der Waals surface area contributed by atoms with Crippen LogP contribution in [0.25, 0.3) is 0 Å². The van der Waals surface area contributed by atoms with Gasteiger partial charge in [-0.1, -0.05) is 30.3 Å². The fourth-order valence-electron chi connectivity index (χ4n) is 2.66. The number of unbranched alkanes of at least 4 members (excludes halogenated alkanes) is 9. The van der Waals surface area contributed by atoms with Gasteiger partial charge in [-0.05, 0) is 12.0 Å². The fourth-order valence-corrected chi connectivity index (χ4v) is 2.96. The Morgan fingerprint density at radius 2 is 1.18 bits per heavy atom. The second kappa shape index (κ2) is 16.3. The van der Waals surface area contributed by atoms with Crippen LogP contribution in [0.2, 0.25) is 0 Å². The summed E-state index contributed by atoms with van der Waals surface area (Å²) in [7, 11) is 0. The van der Waals surface area contributed by atoms with E-state index in [9.17, 15) is 5.11 Å². The van der Waals surface area contributed by atoms with Gasteiger partial charge in [-0.15, -0.1) is 0 Å². The van der Waals surface area contributed by atoms with Gasteiger partial charge in [0.15, 0.2) is 0 Å². The van der Waals surface area contributed by atoms with Crippen LogP contribution in [0.3, 0.4) is 0 Å². The van der Waals surface area contributed by atoms with Crippen LogP contribution in [0.15, 0.2) is 30.3 Å². The normalized spacial score (nSPS) is 10.2. The Morgan fingerprint density at radius 1 is 0.727 bits per heavy atom. The second-order valence-electron chi connectivity index (χ2n) is 5.89. The number of aryl methyl sites for hydroxylation is 1. The number of hydrogen-bond donors (Lipinski definition) is 0. The molecule has 0 spiro atoms. The van der Waals surface area contributed by atoms with E-state index in [2.05, 4.69) is 45.9 Å². The van der Waals surface area contributed by atoms with Crippen molar-refractivity contribution in [2.45, 2.75) is 77.0 Å². The standard InChI is InChI=1S/C19H30OSe.Na/c20-19(21)17-13-8-6-4-2-1-3-5-7-10-14-18-15-11-9-12-16-18;/h9,11-12,15-16H,1-8,10,13-14,17H2,(H,20,21);/q;+1/p-1. The Kier molecular flexibility index (Phi) is 16.6. The minimum Gasteiger partial charge on any atom is -0.0622 e. The predicted octanol–water partition coefficient (Wildman–Crippen LogP) is 1.18. The molecule has 0 unspecified atom stereocenters. The average Bonchev–Trinajstić information content (AvgIpc) is 2.49. The first kappa shape index (κ1) is 22.4. The van der Waals surface area contributed by atoms with E-state index in [1.54, 1.807) is 0 Å². The van der Waals surface area contributed by atoms with E-state index >= 15 is 0 Å². The molecule has 0 heterocycles. The van der Waals surface area contributed by atoms with Crippen molar-refractivity contribution >= 4 is 20.2 Å². The van der Waals surface area contributed by atoms with Crippen LogP contribution >= 0.6 is 0 Å². The summed E-state index contributed by atoms with van der Waals surface area (Å²) in [5.74, 6) is 0. The molecule has 1 aromatic rings. The van der Waals surface area contributed by atoms with Gasteiger partial charge in [0.1, 0.15) is 0 Å². The molecule has 0 aromatic heterocycles. The molecular formula is C19H29NaOSe. The molecule has 1 aromatic carbocycles. The molecule has 0 aliphatic carbocycles. The van der Waals surface area contributed by atoms with Crippen molar-refractivity contribution in [3.05, 3.63) is 35.9 Å². The monoisotopic (exact) mass is 376 g/mol. The molecule has 0 aliphatic heterocycles. The molecule has 1 rings (SSSR count). The molecule has 0 bridgehead atoms. The quantitative estimate of drug-likeness (QED) is 0.375. The summed E-state index contributed by atoms with van der Waals surface area (Å²) in [6, 6.07) is 10.8. The van der Waals surface area contributed by atoms with Gasteiger partial charge in [0, 0.05) is 0 Å². The summed E-state index contributed by atoms with van der Waals surface area (Å²) in [5, 5.41) is 10.7. The summed E-state index contributed by atoms with van der Waals surface area (Å²) in [6.07, 6.45) is 15.1. The van der Waals surface area contributed by atoms with Crippen molar-refractivity contribution in [1.29, 1.82) is 0 Å². The van der Waals surface area contributed by atoms with E-state index < -0.39 is 0 Å². The van der Waals surface area contributed by atoms with Gasteiger partial charge in [-0.2, -0.15) is 0 Å². The van der Waals surface area contributed by atoms with Crippen molar-refractivity contribution in [1.82, 2.24) is 0 Å². The zero-order valence-electron chi connectivity index (χ0n) is 14.2. The minimum atomic E-state index is 0. The Morgan fingerprint density at radius 3 is 1.68 bits per heavy atom. The second-order valence-corrected chi connectivity index (χ2v) is 6.85. The maximum atomic E-state index is 10.7. The first-order chi connectivity index (χ1) is 10.3. The molecule has 0 radical (unpaired) electrons. The molecule has 22 heavy (non-hydrogen) atoms. The topological polar surface area (TPSA) is 23.1 Å². The van der Waals surface area contributed by atoms with Crippen LogP contribution in [0, 0.1) is 0 Å². The van der Waals surface area contributed by atoms with Gasteiger partial charge in [-0.25, -0.2) is 0 Å². The minimum absolute atomic E-state index is 0. The first-order valence-electron chi connectivity index (χ1n) is 8.53. The van der Waals surface area contributed by atoms with Crippen molar-refractivity contribution in [3.8, 4) is 0 Å². The Balaban J connectivity index is 0.00000441. The smallest absolute Gasteiger partial charge is 0.0622 e. The zero-order chi connectivity index (χ0) is 15.2. The third kappa shape index (κ3) is 14.0. The molecule has 0 aliphatic rings. The van der Waals surface area contributed by atoms with E-state index in [-0.39, 0.29) is 34.2 Å². The molecule has 0 saturated heterocycles. The van der Waals surface area contributed by atoms with Crippen LogP contribution in [-0.2, 0) is 6.42 Å². The SMILES string of the molecule is [Na+].[O-]C(=[Se])CCCCCCCCCCCCc1ccccc1. The van der Waals surface area contributed by atoms with E-state index in [1.807, 2.05) is 0 Å². The van der Waals surface area contributed by atoms with Crippen LogP contribution in [0.5, 0.6) is 0 Å². The first-order valence-corrected chi connectivity index (χ1v) is 9.38. The third-order valence-electron chi connectivity index (χ3n) is 3.94. The molecule has 0 amide bonds. The summed E-state index contributed by atoms with van der Waals surface area (Å²) in [4.78, 5) is 0. The van der Waals surface area contributed by atoms with Gasteiger partial charge < -0.3 is 0 Å². The summed E-state index contributed by atoms with van der Waals surface area (Å²) >= 11 is 2.55. The Hall–Kier alpha value is 0.409. The molecule has 0 N–H and O–H groups in total. The van der Waals surface area contributed by atoms with Crippen LogP contribution in [0.4, 0.5) is 0 Å². The van der Waals surface area contributed by atoms with Crippen LogP contribution in [-0.4, -0.2) is 20.2 Å². The van der Waals surface area contributed by atoms with Crippen LogP contribution < -0.4 is 34.7 Å². The Bertz CT molecular complexity index is 367. The van der Waals surface area contributed by atoms with Crippen molar-refractivity contribution < 1.29 is 34.7 Å². The van der Waals surface area contributed by atoms with Crippen LogP contribution in [0.1, 0.15) is 76.2 Å². The number of benzene rings is 1. The van der Waals surface area contributed by atoms with E-state index in [1.165, 1.54) is 69.8 Å². The molecule has 0 saturated carbocycles. The Labute approximate surface area is 166 Å². The zero-order valence-corrected chi connectivity index (χ0v) is 17.9.